The van der Waals surface area contributed by atoms with Gasteiger partial charge in [-0.15, -0.1) is 0 Å². The lowest BCUT2D eigenvalue weighted by atomic mass is 10.2. The van der Waals surface area contributed by atoms with Crippen LogP contribution >= 0.6 is 0 Å². The highest BCUT2D eigenvalue weighted by Crippen LogP contribution is 2.26. The maximum absolute atomic E-state index is 10.8. The van der Waals surface area contributed by atoms with E-state index in [1.165, 1.54) is 37.4 Å². The minimum Gasteiger partial charge on any atom is -0.298 e. The molecule has 0 heterocycles. The Morgan fingerprint density at radius 2 is 1.33 bits per heavy atom. The maximum atomic E-state index is 10.8. The van der Waals surface area contributed by atoms with Gasteiger partial charge in [0.1, 0.15) is 6.29 Å². The summed E-state index contributed by atoms with van der Waals surface area (Å²) in [5, 5.41) is 1.55. The topological polar surface area (TPSA) is 17.1 Å². The Labute approximate surface area is 113 Å². The Morgan fingerprint density at radius 1 is 0.889 bits per heavy atom. The van der Waals surface area contributed by atoms with Gasteiger partial charge in [0, 0.05) is 5.56 Å². The van der Waals surface area contributed by atoms with Gasteiger partial charge in [0.15, 0.2) is 0 Å². The quantitative estimate of drug-likeness (QED) is 0.502. The second-order valence-electron chi connectivity index (χ2n) is 5.27. The van der Waals surface area contributed by atoms with Gasteiger partial charge in [-0.3, -0.25) is 4.79 Å². The number of benzene rings is 1. The van der Waals surface area contributed by atoms with E-state index >= 15 is 0 Å². The van der Waals surface area contributed by atoms with Crippen LogP contribution in [0.1, 0.15) is 50.4 Å². The molecule has 0 radical (unpaired) electrons. The molecule has 0 unspecified atom stereocenters. The first-order chi connectivity index (χ1) is 8.72. The molecule has 0 amide bonds. The Kier molecular flexibility index (Phi) is 6.34. The molecule has 1 aromatic rings. The van der Waals surface area contributed by atoms with Gasteiger partial charge in [0.25, 0.3) is 0 Å². The fraction of sp³-hybridized carbons (Fsp3) is 0.562. The fourth-order valence-electron chi connectivity index (χ4n) is 3.16. The Bertz CT molecular complexity index is 339. The number of carbonyl (C=O) groups excluding carboxylic acids is 1. The molecule has 18 heavy (non-hydrogen) atoms. The van der Waals surface area contributed by atoms with E-state index < -0.39 is 8.07 Å². The summed E-state index contributed by atoms with van der Waals surface area (Å²) in [6.45, 7) is 6.90. The molecule has 0 N–H and O–H groups in total. The second-order valence-corrected chi connectivity index (χ2v) is 9.91. The van der Waals surface area contributed by atoms with E-state index in [4.69, 9.17) is 0 Å². The van der Waals surface area contributed by atoms with E-state index in [0.717, 1.165) is 11.8 Å². The first kappa shape index (κ1) is 15.2. The molecule has 0 saturated carbocycles. The SMILES string of the molecule is CCC[Si](CCC)(CCC)c1ccc(C=O)cc1. The van der Waals surface area contributed by atoms with Crippen molar-refractivity contribution in [3.05, 3.63) is 29.8 Å². The minimum absolute atomic E-state index is 0.797. The van der Waals surface area contributed by atoms with Crippen LogP contribution < -0.4 is 5.19 Å². The molecule has 0 aliphatic heterocycles. The van der Waals surface area contributed by atoms with E-state index in [2.05, 4.69) is 32.9 Å². The van der Waals surface area contributed by atoms with E-state index in [9.17, 15) is 4.79 Å². The van der Waals surface area contributed by atoms with E-state index in [0.29, 0.717) is 0 Å². The third-order valence-corrected chi connectivity index (χ3v) is 9.77. The normalized spacial score (nSPS) is 11.5. The van der Waals surface area contributed by atoms with E-state index in [1.807, 2.05) is 12.1 Å². The minimum atomic E-state index is -1.32. The highest BCUT2D eigenvalue weighted by atomic mass is 28.3. The largest absolute Gasteiger partial charge is 0.298 e. The molecule has 0 spiro atoms. The van der Waals surface area contributed by atoms with Gasteiger partial charge in [0.05, 0.1) is 8.07 Å². The van der Waals surface area contributed by atoms with Crippen LogP contribution in [-0.4, -0.2) is 14.4 Å². The standard InChI is InChI=1S/C16H26OSi/c1-4-11-18(12-5-2,13-6-3)16-9-7-15(14-17)8-10-16/h7-10,14H,4-6,11-13H2,1-3H3. The van der Waals surface area contributed by atoms with Crippen molar-refractivity contribution in [3.8, 4) is 0 Å². The van der Waals surface area contributed by atoms with Crippen molar-refractivity contribution in [2.75, 3.05) is 0 Å². The van der Waals surface area contributed by atoms with Crippen LogP contribution in [0.2, 0.25) is 18.1 Å². The highest BCUT2D eigenvalue weighted by Gasteiger charge is 2.31. The van der Waals surface area contributed by atoms with Gasteiger partial charge in [-0.25, -0.2) is 0 Å². The lowest BCUT2D eigenvalue weighted by Gasteiger charge is -2.32. The summed E-state index contributed by atoms with van der Waals surface area (Å²) >= 11 is 0. The molecule has 0 aromatic heterocycles. The zero-order valence-electron chi connectivity index (χ0n) is 12.0. The number of hydrogen-bond donors (Lipinski definition) is 0. The molecule has 0 aliphatic carbocycles. The first-order valence-corrected chi connectivity index (χ1v) is 9.90. The van der Waals surface area contributed by atoms with Crippen molar-refractivity contribution in [1.82, 2.24) is 0 Å². The average molecular weight is 262 g/mol. The summed E-state index contributed by atoms with van der Waals surface area (Å²) < 4.78 is 0. The fourth-order valence-corrected chi connectivity index (χ4v) is 8.52. The van der Waals surface area contributed by atoms with Crippen LogP contribution in [0.25, 0.3) is 0 Å². The van der Waals surface area contributed by atoms with Gasteiger partial charge in [-0.1, -0.05) is 87.6 Å². The maximum Gasteiger partial charge on any atom is 0.150 e. The molecular formula is C16H26OSi. The van der Waals surface area contributed by atoms with Crippen LogP contribution in [0, 0.1) is 0 Å². The molecule has 0 bridgehead atoms. The molecule has 2 heteroatoms. The second kappa shape index (κ2) is 7.52. The zero-order valence-corrected chi connectivity index (χ0v) is 13.0. The van der Waals surface area contributed by atoms with Crippen molar-refractivity contribution >= 4 is 19.5 Å². The molecule has 1 nitrogen and oxygen atoms in total. The highest BCUT2D eigenvalue weighted by molar-refractivity contribution is 6.91. The van der Waals surface area contributed by atoms with Crippen molar-refractivity contribution < 1.29 is 4.79 Å². The van der Waals surface area contributed by atoms with E-state index in [-0.39, 0.29) is 0 Å². The molecule has 0 atom stereocenters. The molecule has 0 saturated heterocycles. The molecule has 1 aromatic carbocycles. The zero-order chi connectivity index (χ0) is 13.4. The summed E-state index contributed by atoms with van der Waals surface area (Å²) in [5.74, 6) is 0. The van der Waals surface area contributed by atoms with Crippen LogP contribution in [0.15, 0.2) is 24.3 Å². The molecular weight excluding hydrogens is 236 g/mol. The Morgan fingerprint density at radius 3 is 1.67 bits per heavy atom. The number of carbonyl (C=O) groups is 1. The number of aldehydes is 1. The third kappa shape index (κ3) is 3.55. The smallest absolute Gasteiger partial charge is 0.150 e. The van der Waals surface area contributed by atoms with Gasteiger partial charge in [-0.2, -0.15) is 0 Å². The molecule has 100 valence electrons. The lowest BCUT2D eigenvalue weighted by Crippen LogP contribution is -2.47. The van der Waals surface area contributed by atoms with Crippen molar-refractivity contribution in [1.29, 1.82) is 0 Å². The van der Waals surface area contributed by atoms with Gasteiger partial charge < -0.3 is 0 Å². The summed E-state index contributed by atoms with van der Waals surface area (Å²) in [5.41, 5.74) is 0.797. The number of rotatable bonds is 8. The monoisotopic (exact) mass is 262 g/mol. The van der Waals surface area contributed by atoms with Crippen LogP contribution in [0.5, 0.6) is 0 Å². The van der Waals surface area contributed by atoms with Crippen molar-refractivity contribution in [2.45, 2.75) is 58.2 Å². The predicted octanol–water partition coefficient (Wildman–Crippen LogP) is 4.38. The summed E-state index contributed by atoms with van der Waals surface area (Å²) in [6, 6.07) is 12.6. The Hall–Kier alpha value is -0.893. The predicted molar refractivity (Wildman–Crippen MR) is 82.5 cm³/mol. The summed E-state index contributed by atoms with van der Waals surface area (Å²) in [6.07, 6.45) is 4.78. The summed E-state index contributed by atoms with van der Waals surface area (Å²) in [7, 11) is -1.32. The van der Waals surface area contributed by atoms with Gasteiger partial charge in [-0.05, 0) is 0 Å². The van der Waals surface area contributed by atoms with Gasteiger partial charge >= 0.3 is 0 Å². The van der Waals surface area contributed by atoms with Crippen molar-refractivity contribution in [2.24, 2.45) is 0 Å². The number of hydrogen-bond acceptors (Lipinski definition) is 1. The van der Waals surface area contributed by atoms with Crippen molar-refractivity contribution in [3.63, 3.8) is 0 Å². The molecule has 0 fully saturated rings. The van der Waals surface area contributed by atoms with Crippen LogP contribution in [0.4, 0.5) is 0 Å². The molecule has 0 aliphatic rings. The first-order valence-electron chi connectivity index (χ1n) is 7.28. The van der Waals surface area contributed by atoms with E-state index in [1.54, 1.807) is 5.19 Å². The summed E-state index contributed by atoms with van der Waals surface area (Å²) in [4.78, 5) is 10.8. The lowest BCUT2D eigenvalue weighted by molar-refractivity contribution is 0.112. The van der Waals surface area contributed by atoms with Crippen LogP contribution in [-0.2, 0) is 0 Å². The molecule has 1 rings (SSSR count). The Balaban J connectivity index is 3.08. The van der Waals surface area contributed by atoms with Gasteiger partial charge in [0.2, 0.25) is 0 Å². The van der Waals surface area contributed by atoms with Crippen LogP contribution in [0.3, 0.4) is 0 Å². The average Bonchev–Trinajstić information content (AvgIpc) is 2.39. The third-order valence-electron chi connectivity index (χ3n) is 3.84.